The first-order valence-corrected chi connectivity index (χ1v) is 9.12. The summed E-state index contributed by atoms with van der Waals surface area (Å²) in [4.78, 5) is -0.177. The zero-order chi connectivity index (χ0) is 18.8. The number of rotatable bonds is 5. The second kappa shape index (κ2) is 7.33. The molecule has 4 nitrogen and oxygen atoms in total. The monoisotopic (exact) mass is 392 g/mol. The number of alkyl halides is 3. The van der Waals surface area contributed by atoms with E-state index in [0.717, 1.165) is 12.1 Å². The number of nitrogens with two attached hydrogens (primary N) is 1. The Labute approximate surface area is 148 Å². The largest absolute Gasteiger partial charge is 0.416 e. The quantitative estimate of drug-likeness (QED) is 0.811. The van der Waals surface area contributed by atoms with Gasteiger partial charge in [0.05, 0.1) is 10.6 Å². The Balaban J connectivity index is 2.10. The second-order valence-corrected chi connectivity index (χ2v) is 7.47. The van der Waals surface area contributed by atoms with Gasteiger partial charge in [0, 0.05) is 12.6 Å². The summed E-state index contributed by atoms with van der Waals surface area (Å²) in [6, 6.07) is 9.00. The van der Waals surface area contributed by atoms with Crippen LogP contribution in [0, 0.1) is 0 Å². The highest BCUT2D eigenvalue weighted by Crippen LogP contribution is 2.30. The summed E-state index contributed by atoms with van der Waals surface area (Å²) < 4.78 is 60.9. The van der Waals surface area contributed by atoms with Crippen molar-refractivity contribution in [2.24, 2.45) is 5.14 Å². The molecule has 1 atom stereocenters. The van der Waals surface area contributed by atoms with Crippen LogP contribution in [0.25, 0.3) is 0 Å². The lowest BCUT2D eigenvalue weighted by Crippen LogP contribution is -2.19. The van der Waals surface area contributed by atoms with E-state index in [4.69, 9.17) is 16.7 Å². The maximum absolute atomic E-state index is 12.8. The summed E-state index contributed by atoms with van der Waals surface area (Å²) in [5, 5.41) is 8.10. The van der Waals surface area contributed by atoms with Gasteiger partial charge >= 0.3 is 6.18 Å². The molecule has 0 spiro atoms. The molecule has 25 heavy (non-hydrogen) atoms. The van der Waals surface area contributed by atoms with Crippen molar-refractivity contribution < 1.29 is 21.6 Å². The van der Waals surface area contributed by atoms with Crippen molar-refractivity contribution in [2.75, 3.05) is 0 Å². The molecule has 0 aliphatic heterocycles. The van der Waals surface area contributed by atoms with E-state index >= 15 is 0 Å². The lowest BCUT2D eigenvalue weighted by atomic mass is 10.0. The van der Waals surface area contributed by atoms with Crippen LogP contribution in [0.15, 0.2) is 47.4 Å². The number of sulfonamides is 1. The highest BCUT2D eigenvalue weighted by Gasteiger charge is 2.30. The third kappa shape index (κ3) is 5.18. The number of nitrogens with one attached hydrogen (secondary N) is 1. The molecule has 2 aromatic rings. The highest BCUT2D eigenvalue weighted by atomic mass is 35.5. The van der Waals surface area contributed by atoms with E-state index in [1.54, 1.807) is 13.0 Å². The molecule has 3 N–H and O–H groups in total. The van der Waals surface area contributed by atoms with E-state index in [1.165, 1.54) is 24.3 Å². The Bertz CT molecular complexity index is 870. The molecule has 2 rings (SSSR count). The number of hydrogen-bond acceptors (Lipinski definition) is 3. The summed E-state index contributed by atoms with van der Waals surface area (Å²) in [7, 11) is -3.90. The Morgan fingerprint density at radius 2 is 1.88 bits per heavy atom. The van der Waals surface area contributed by atoms with Gasteiger partial charge in [0.25, 0.3) is 0 Å². The fourth-order valence-electron chi connectivity index (χ4n) is 2.26. The predicted octanol–water partition coefficient (Wildman–Crippen LogP) is 3.86. The summed E-state index contributed by atoms with van der Waals surface area (Å²) in [6.45, 7) is 2.03. The molecule has 0 bridgehead atoms. The number of hydrogen-bond donors (Lipinski definition) is 2. The van der Waals surface area contributed by atoms with Crippen molar-refractivity contribution >= 4 is 21.6 Å². The van der Waals surface area contributed by atoms with Crippen LogP contribution in [-0.4, -0.2) is 8.42 Å². The van der Waals surface area contributed by atoms with Crippen LogP contribution in [-0.2, 0) is 22.7 Å². The Morgan fingerprint density at radius 3 is 2.44 bits per heavy atom. The van der Waals surface area contributed by atoms with E-state index in [9.17, 15) is 21.6 Å². The molecule has 0 aliphatic rings. The van der Waals surface area contributed by atoms with Crippen molar-refractivity contribution in [3.8, 4) is 0 Å². The third-order valence-electron chi connectivity index (χ3n) is 3.63. The molecular formula is C16H16ClF3N2O2S. The van der Waals surface area contributed by atoms with E-state index in [-0.39, 0.29) is 16.0 Å². The minimum absolute atomic E-state index is 0.00600. The number of primary sulfonamides is 1. The van der Waals surface area contributed by atoms with Crippen molar-refractivity contribution in [1.82, 2.24) is 5.32 Å². The predicted molar refractivity (Wildman–Crippen MR) is 89.5 cm³/mol. The molecule has 0 heterocycles. The first-order valence-electron chi connectivity index (χ1n) is 7.20. The van der Waals surface area contributed by atoms with E-state index in [0.29, 0.717) is 17.7 Å². The van der Waals surface area contributed by atoms with Crippen molar-refractivity contribution in [3.05, 3.63) is 64.2 Å². The maximum atomic E-state index is 12.8. The van der Waals surface area contributed by atoms with Crippen LogP contribution in [0.3, 0.4) is 0 Å². The average Bonchev–Trinajstić information content (AvgIpc) is 2.50. The van der Waals surface area contributed by atoms with Crippen molar-refractivity contribution in [1.29, 1.82) is 0 Å². The molecule has 0 unspecified atom stereocenters. The number of halogens is 4. The fourth-order valence-corrected chi connectivity index (χ4v) is 3.37. The second-order valence-electron chi connectivity index (χ2n) is 5.54. The lowest BCUT2D eigenvalue weighted by molar-refractivity contribution is -0.137. The summed E-state index contributed by atoms with van der Waals surface area (Å²) >= 11 is 5.91. The van der Waals surface area contributed by atoms with Gasteiger partial charge in [0.2, 0.25) is 10.0 Å². The normalized spacial score (nSPS) is 13.7. The lowest BCUT2D eigenvalue weighted by Gasteiger charge is -2.16. The summed E-state index contributed by atoms with van der Waals surface area (Å²) in [6.07, 6.45) is -4.40. The van der Waals surface area contributed by atoms with E-state index in [1.807, 2.05) is 0 Å². The van der Waals surface area contributed by atoms with Gasteiger partial charge in [-0.15, -0.1) is 0 Å². The van der Waals surface area contributed by atoms with Crippen LogP contribution < -0.4 is 10.5 Å². The highest BCUT2D eigenvalue weighted by molar-refractivity contribution is 7.89. The third-order valence-corrected chi connectivity index (χ3v) is 5.02. The molecular weight excluding hydrogens is 377 g/mol. The summed E-state index contributed by atoms with van der Waals surface area (Å²) in [5.74, 6) is 0. The topological polar surface area (TPSA) is 72.2 Å². The molecule has 0 radical (unpaired) electrons. The van der Waals surface area contributed by atoms with Gasteiger partial charge in [0.1, 0.15) is 4.90 Å². The van der Waals surface area contributed by atoms with Crippen molar-refractivity contribution in [2.45, 2.75) is 30.6 Å². The molecule has 0 aliphatic carbocycles. The molecule has 0 saturated carbocycles. The average molecular weight is 393 g/mol. The Morgan fingerprint density at radius 1 is 1.20 bits per heavy atom. The van der Waals surface area contributed by atoms with Crippen LogP contribution in [0.4, 0.5) is 13.2 Å². The zero-order valence-corrected chi connectivity index (χ0v) is 14.7. The van der Waals surface area contributed by atoms with Gasteiger partial charge in [-0.3, -0.25) is 0 Å². The molecule has 0 amide bonds. The molecule has 0 fully saturated rings. The Kier molecular flexibility index (Phi) is 5.78. The first kappa shape index (κ1) is 19.7. The smallest absolute Gasteiger partial charge is 0.306 e. The SMILES string of the molecule is C[C@@H](NCc1ccc(S(N)(=O)=O)c(Cl)c1)c1cccc(C(F)(F)F)c1. The minimum Gasteiger partial charge on any atom is -0.306 e. The first-order chi connectivity index (χ1) is 11.5. The molecule has 2 aromatic carbocycles. The van der Waals surface area contributed by atoms with E-state index < -0.39 is 21.8 Å². The van der Waals surface area contributed by atoms with Gasteiger partial charge < -0.3 is 5.32 Å². The standard InChI is InChI=1S/C16H16ClF3N2O2S/c1-10(12-3-2-4-13(8-12)16(18,19)20)22-9-11-5-6-15(14(17)7-11)25(21,23)24/h2-8,10,22H,9H2,1H3,(H2,21,23,24)/t10-/m1/s1. The molecule has 0 saturated heterocycles. The van der Waals surface area contributed by atoms with Crippen LogP contribution in [0.2, 0.25) is 5.02 Å². The molecule has 9 heteroatoms. The zero-order valence-electron chi connectivity index (χ0n) is 13.1. The Hall–Kier alpha value is -1.61. The summed E-state index contributed by atoms with van der Waals surface area (Å²) in [5.41, 5.74) is 0.456. The molecule has 136 valence electrons. The van der Waals surface area contributed by atoms with Crippen LogP contribution >= 0.6 is 11.6 Å². The maximum Gasteiger partial charge on any atom is 0.416 e. The van der Waals surface area contributed by atoms with E-state index in [2.05, 4.69) is 5.32 Å². The fraction of sp³-hybridized carbons (Fsp3) is 0.250. The van der Waals surface area contributed by atoms with Gasteiger partial charge in [0.15, 0.2) is 0 Å². The number of benzene rings is 2. The van der Waals surface area contributed by atoms with Gasteiger partial charge in [-0.25, -0.2) is 13.6 Å². The van der Waals surface area contributed by atoms with Gasteiger partial charge in [-0.1, -0.05) is 29.8 Å². The van der Waals surface area contributed by atoms with Gasteiger partial charge in [-0.05, 0) is 42.3 Å². The van der Waals surface area contributed by atoms with Crippen LogP contribution in [0.1, 0.15) is 29.7 Å². The van der Waals surface area contributed by atoms with Gasteiger partial charge in [-0.2, -0.15) is 13.2 Å². The molecule has 0 aromatic heterocycles. The van der Waals surface area contributed by atoms with Crippen molar-refractivity contribution in [3.63, 3.8) is 0 Å². The minimum atomic E-state index is -4.40. The van der Waals surface area contributed by atoms with Crippen LogP contribution in [0.5, 0.6) is 0 Å².